The monoisotopic (exact) mass is 598 g/mol. The quantitative estimate of drug-likeness (QED) is 0.0990. The fourth-order valence-corrected chi connectivity index (χ4v) is 3.92. The molecule has 0 spiro atoms. The van der Waals surface area contributed by atoms with E-state index in [0.717, 1.165) is 69.8 Å². The van der Waals surface area contributed by atoms with Gasteiger partial charge < -0.3 is 36.0 Å². The van der Waals surface area contributed by atoms with Gasteiger partial charge in [0, 0.05) is 51.7 Å². The summed E-state index contributed by atoms with van der Waals surface area (Å²) in [5, 5.41) is 29.9. The number of aliphatic hydroxyl groups excluding tert-OH is 1. The van der Waals surface area contributed by atoms with Crippen LogP contribution >= 0.6 is 23.2 Å². The van der Waals surface area contributed by atoms with Gasteiger partial charge in [-0.2, -0.15) is 0 Å². The molecule has 0 aliphatic rings. The van der Waals surface area contributed by atoms with Crippen LogP contribution in [-0.4, -0.2) is 72.6 Å². The first-order valence-electron chi connectivity index (χ1n) is 13.0. The number of ether oxygens (including phenoxy) is 1. The number of nitrogens with two attached hydrogens (primary N) is 1. The number of benzene rings is 1. The van der Waals surface area contributed by atoms with Crippen LogP contribution in [0.5, 0.6) is 0 Å². The smallest absolute Gasteiger partial charge is 0.328 e. The number of carboxylic acid groups (broad SMARTS) is 2. The van der Waals surface area contributed by atoms with Crippen molar-refractivity contribution >= 4 is 46.6 Å². The number of carbonyl (C=O) groups is 2. The molecule has 40 heavy (non-hydrogen) atoms. The molecule has 1 aromatic carbocycles. The molecule has 12 heteroatoms. The summed E-state index contributed by atoms with van der Waals surface area (Å²) < 4.78 is 5.75. The molecule has 1 unspecified atom stereocenters. The predicted octanol–water partition coefficient (Wildman–Crippen LogP) is 4.58. The Morgan fingerprint density at radius 1 is 1.02 bits per heavy atom. The van der Waals surface area contributed by atoms with Gasteiger partial charge in [0.05, 0.1) is 21.8 Å². The zero-order valence-corrected chi connectivity index (χ0v) is 24.5. The molecule has 1 heterocycles. The lowest BCUT2D eigenvalue weighted by molar-refractivity contribution is -0.134. The second kappa shape index (κ2) is 20.1. The standard InChI is InChI=1S/C24H36Cl2N4O2.C4H4O4/c1-30(2)23-11-7-9-19(29-23)10-8-14-32-13-6-4-3-5-12-28-17-22(31)18-15-20(25)24(27)21(26)16-18;5-3(6)1-2-4(7)8/h7,9,11,15-16,22,28,31H,3-6,8,10,12-14,17,27H2,1-2H3;1-2H,(H,5,6)(H,7,8)/b;2-1+. The Kier molecular flexibility index (Phi) is 17.6. The van der Waals surface area contributed by atoms with Crippen molar-refractivity contribution in [3.05, 3.63) is 63.8 Å². The largest absolute Gasteiger partial charge is 0.478 e. The molecule has 0 amide bonds. The molecule has 1 aromatic heterocycles. The van der Waals surface area contributed by atoms with Crippen LogP contribution in [0.4, 0.5) is 11.5 Å². The minimum atomic E-state index is -1.26. The van der Waals surface area contributed by atoms with Gasteiger partial charge in [-0.3, -0.25) is 0 Å². The summed E-state index contributed by atoms with van der Waals surface area (Å²) in [6, 6.07) is 9.46. The van der Waals surface area contributed by atoms with Crippen LogP contribution in [0.15, 0.2) is 42.5 Å². The first-order chi connectivity index (χ1) is 19.0. The maximum Gasteiger partial charge on any atom is 0.328 e. The number of pyridine rings is 1. The Bertz CT molecular complexity index is 1050. The van der Waals surface area contributed by atoms with Crippen molar-refractivity contribution in [2.45, 2.75) is 44.6 Å². The van der Waals surface area contributed by atoms with Gasteiger partial charge in [0.15, 0.2) is 0 Å². The van der Waals surface area contributed by atoms with E-state index in [9.17, 15) is 14.7 Å². The number of carboxylic acids is 2. The number of anilines is 2. The van der Waals surface area contributed by atoms with E-state index in [-0.39, 0.29) is 0 Å². The highest BCUT2D eigenvalue weighted by molar-refractivity contribution is 6.38. The predicted molar refractivity (Wildman–Crippen MR) is 159 cm³/mol. The molecule has 2 rings (SSSR count). The zero-order chi connectivity index (χ0) is 29.9. The van der Waals surface area contributed by atoms with E-state index >= 15 is 0 Å². The SMILES string of the molecule is CN(C)c1cccc(CCCOCCCCCCNCC(O)c2cc(Cl)c(N)c(Cl)c2)n1.O=C(O)/C=C/C(=O)O. The van der Waals surface area contributed by atoms with Gasteiger partial charge in [-0.1, -0.05) is 42.1 Å². The minimum Gasteiger partial charge on any atom is -0.478 e. The molecule has 0 bridgehead atoms. The second-order valence-electron chi connectivity index (χ2n) is 9.14. The molecule has 2 aromatic rings. The molecule has 0 radical (unpaired) electrons. The number of aliphatic carboxylic acids is 2. The van der Waals surface area contributed by atoms with Crippen molar-refractivity contribution < 1.29 is 29.6 Å². The van der Waals surface area contributed by atoms with E-state index in [0.29, 0.717) is 40.0 Å². The first kappa shape index (κ1) is 35.1. The average molecular weight is 600 g/mol. The Morgan fingerprint density at radius 2 is 1.62 bits per heavy atom. The lowest BCUT2D eigenvalue weighted by atomic mass is 10.1. The third-order valence-electron chi connectivity index (χ3n) is 5.56. The van der Waals surface area contributed by atoms with Crippen LogP contribution in [0.3, 0.4) is 0 Å². The summed E-state index contributed by atoms with van der Waals surface area (Å²) in [7, 11) is 4.01. The van der Waals surface area contributed by atoms with Crippen LogP contribution in [0.1, 0.15) is 49.5 Å². The molecule has 10 nitrogen and oxygen atoms in total. The van der Waals surface area contributed by atoms with Gasteiger partial charge >= 0.3 is 11.9 Å². The number of nitrogens with zero attached hydrogens (tertiary/aromatic N) is 2. The third kappa shape index (κ3) is 15.6. The second-order valence-corrected chi connectivity index (χ2v) is 9.95. The lowest BCUT2D eigenvalue weighted by Crippen LogP contribution is -2.22. The van der Waals surface area contributed by atoms with Crippen molar-refractivity contribution in [2.24, 2.45) is 0 Å². The summed E-state index contributed by atoms with van der Waals surface area (Å²) in [4.78, 5) is 25.8. The number of aromatic nitrogens is 1. The van der Waals surface area contributed by atoms with Crippen molar-refractivity contribution in [1.82, 2.24) is 10.3 Å². The fourth-order valence-electron chi connectivity index (χ4n) is 3.42. The molecule has 0 aliphatic carbocycles. The van der Waals surface area contributed by atoms with Crippen molar-refractivity contribution in [3.8, 4) is 0 Å². The molecule has 1 atom stereocenters. The van der Waals surface area contributed by atoms with E-state index < -0.39 is 18.0 Å². The van der Waals surface area contributed by atoms with Gasteiger partial charge in [0.1, 0.15) is 5.82 Å². The number of hydrogen-bond acceptors (Lipinski definition) is 8. The maximum absolute atomic E-state index is 10.3. The highest BCUT2D eigenvalue weighted by Crippen LogP contribution is 2.31. The minimum absolute atomic E-state index is 0.341. The molecule has 0 saturated heterocycles. The van der Waals surface area contributed by atoms with Crippen molar-refractivity contribution in [2.75, 3.05) is 51.0 Å². The molecule has 222 valence electrons. The maximum atomic E-state index is 10.3. The van der Waals surface area contributed by atoms with Gasteiger partial charge in [-0.25, -0.2) is 14.6 Å². The number of aliphatic hydroxyl groups is 1. The van der Waals surface area contributed by atoms with E-state index in [1.165, 1.54) is 0 Å². The van der Waals surface area contributed by atoms with Crippen LogP contribution in [-0.2, 0) is 20.7 Å². The summed E-state index contributed by atoms with van der Waals surface area (Å²) in [6.07, 6.45) is 6.77. The van der Waals surface area contributed by atoms with E-state index in [4.69, 9.17) is 43.9 Å². The summed E-state index contributed by atoms with van der Waals surface area (Å²) in [5.74, 6) is -1.52. The number of nitrogen functional groups attached to an aromatic ring is 1. The first-order valence-corrected chi connectivity index (χ1v) is 13.7. The van der Waals surface area contributed by atoms with Gasteiger partial charge in [-0.15, -0.1) is 0 Å². The third-order valence-corrected chi connectivity index (χ3v) is 6.18. The molecule has 6 N–H and O–H groups in total. The van der Waals surface area contributed by atoms with E-state index in [1.807, 2.05) is 25.1 Å². The molecule has 0 saturated carbocycles. The number of aryl methyl sites for hydroxylation is 1. The van der Waals surface area contributed by atoms with Crippen molar-refractivity contribution in [3.63, 3.8) is 0 Å². The highest BCUT2D eigenvalue weighted by atomic mass is 35.5. The van der Waals surface area contributed by atoms with Gasteiger partial charge in [0.25, 0.3) is 0 Å². The van der Waals surface area contributed by atoms with Crippen LogP contribution < -0.4 is 16.0 Å². The topological polar surface area (TPSA) is 158 Å². The fraction of sp³-hybridized carbons (Fsp3) is 0.464. The summed E-state index contributed by atoms with van der Waals surface area (Å²) in [5.41, 5.74) is 7.85. The Labute approximate surface area is 245 Å². The molecular formula is C28H40Cl2N4O6. The highest BCUT2D eigenvalue weighted by Gasteiger charge is 2.12. The number of halogens is 2. The van der Waals surface area contributed by atoms with Gasteiger partial charge in [0.2, 0.25) is 0 Å². The molecule has 0 fully saturated rings. The number of unbranched alkanes of at least 4 members (excludes halogenated alkanes) is 3. The van der Waals surface area contributed by atoms with Crippen LogP contribution in [0.25, 0.3) is 0 Å². The number of nitrogens with one attached hydrogen (secondary N) is 1. The number of rotatable bonds is 17. The molecular weight excluding hydrogens is 559 g/mol. The van der Waals surface area contributed by atoms with E-state index in [1.54, 1.807) is 12.1 Å². The average Bonchev–Trinajstić information content (AvgIpc) is 2.91. The molecule has 0 aliphatic heterocycles. The Morgan fingerprint density at radius 3 is 2.23 bits per heavy atom. The number of hydrogen-bond donors (Lipinski definition) is 5. The summed E-state index contributed by atoms with van der Waals surface area (Å²) >= 11 is 12.0. The Hall–Kier alpha value is -2.89. The normalized spacial score (nSPS) is 11.6. The Balaban J connectivity index is 0.000000869. The van der Waals surface area contributed by atoms with Crippen LogP contribution in [0.2, 0.25) is 10.0 Å². The van der Waals surface area contributed by atoms with Crippen molar-refractivity contribution in [1.29, 1.82) is 0 Å². The van der Waals surface area contributed by atoms with E-state index in [2.05, 4.69) is 22.4 Å². The van der Waals surface area contributed by atoms with Gasteiger partial charge in [-0.05, 0) is 62.1 Å². The summed E-state index contributed by atoms with van der Waals surface area (Å²) in [6.45, 7) is 2.88. The zero-order valence-electron chi connectivity index (χ0n) is 23.0. The van der Waals surface area contributed by atoms with Crippen LogP contribution in [0, 0.1) is 0 Å². The lowest BCUT2D eigenvalue weighted by Gasteiger charge is -2.14.